The maximum absolute atomic E-state index is 15.4. The summed E-state index contributed by atoms with van der Waals surface area (Å²) in [6, 6.07) is 10.6. The predicted molar refractivity (Wildman–Crippen MR) is 128 cm³/mol. The first kappa shape index (κ1) is 22.4. The Hall–Kier alpha value is -3.36. The fourth-order valence-corrected chi connectivity index (χ4v) is 4.87. The van der Waals surface area contributed by atoms with Crippen molar-refractivity contribution in [3.8, 4) is 11.3 Å². The third-order valence-electron chi connectivity index (χ3n) is 6.42. The van der Waals surface area contributed by atoms with Gasteiger partial charge in [-0.1, -0.05) is 23.7 Å². The van der Waals surface area contributed by atoms with Gasteiger partial charge >= 0.3 is 0 Å². The molecule has 2 aromatic heterocycles. The van der Waals surface area contributed by atoms with Gasteiger partial charge in [-0.2, -0.15) is 0 Å². The van der Waals surface area contributed by atoms with Crippen molar-refractivity contribution in [2.75, 3.05) is 38.1 Å². The Labute approximate surface area is 201 Å². The lowest BCUT2D eigenvalue weighted by Gasteiger charge is -2.36. The van der Waals surface area contributed by atoms with Crippen LogP contribution in [-0.4, -0.2) is 59.8 Å². The molecule has 1 aliphatic carbocycles. The number of carbonyl (C=O) groups is 2. The summed E-state index contributed by atoms with van der Waals surface area (Å²) in [6.07, 6.45) is 1.68. The van der Waals surface area contributed by atoms with Crippen LogP contribution in [0, 0.1) is 5.82 Å². The Bertz CT molecular complexity index is 1290. The maximum atomic E-state index is 15.4. The quantitative estimate of drug-likeness (QED) is 0.578. The SMILES string of the molecule is CNC(=O)c1ccc(N2CCN(Cc3ccc4c(c3F)CC(=O)c3cccnc3-4)CC2)c(Cl)n1. The Morgan fingerprint density at radius 3 is 2.65 bits per heavy atom. The number of halogens is 2. The monoisotopic (exact) mass is 479 g/mol. The second-order valence-electron chi connectivity index (χ2n) is 8.41. The van der Waals surface area contributed by atoms with Gasteiger partial charge in [0.2, 0.25) is 0 Å². The molecule has 7 nitrogen and oxygen atoms in total. The molecule has 1 N–H and O–H groups in total. The number of anilines is 1. The van der Waals surface area contributed by atoms with Crippen molar-refractivity contribution < 1.29 is 14.0 Å². The Kier molecular flexibility index (Phi) is 6.02. The van der Waals surface area contributed by atoms with Crippen LogP contribution in [0.15, 0.2) is 42.6 Å². The molecule has 0 spiro atoms. The topological polar surface area (TPSA) is 78.4 Å². The molecule has 3 heterocycles. The number of pyridine rings is 2. The number of rotatable bonds is 4. The molecular weight excluding hydrogens is 457 g/mol. The van der Waals surface area contributed by atoms with E-state index in [1.165, 1.54) is 0 Å². The van der Waals surface area contributed by atoms with Gasteiger partial charge in [0, 0.05) is 74.6 Å². The average molecular weight is 480 g/mol. The molecule has 0 saturated carbocycles. The number of hydrogen-bond acceptors (Lipinski definition) is 6. The fourth-order valence-electron chi connectivity index (χ4n) is 4.59. The van der Waals surface area contributed by atoms with Gasteiger partial charge in [0.15, 0.2) is 10.9 Å². The zero-order chi connectivity index (χ0) is 23.8. The number of piperazine rings is 1. The summed E-state index contributed by atoms with van der Waals surface area (Å²) in [4.78, 5) is 37.1. The van der Waals surface area contributed by atoms with Crippen LogP contribution in [0.3, 0.4) is 0 Å². The molecule has 1 saturated heterocycles. The van der Waals surface area contributed by atoms with Gasteiger partial charge in [-0.3, -0.25) is 19.5 Å². The van der Waals surface area contributed by atoms with Gasteiger partial charge in [0.25, 0.3) is 5.91 Å². The minimum atomic E-state index is -0.318. The highest BCUT2D eigenvalue weighted by Gasteiger charge is 2.28. The molecule has 5 rings (SSSR count). The number of fused-ring (bicyclic) bond motifs is 3. The van der Waals surface area contributed by atoms with Crippen LogP contribution in [0.25, 0.3) is 11.3 Å². The van der Waals surface area contributed by atoms with E-state index in [0.29, 0.717) is 60.7 Å². The normalized spacial score (nSPS) is 15.6. The Balaban J connectivity index is 1.29. The third-order valence-corrected chi connectivity index (χ3v) is 6.70. The molecule has 34 heavy (non-hydrogen) atoms. The van der Waals surface area contributed by atoms with Crippen molar-refractivity contribution in [2.24, 2.45) is 0 Å². The highest BCUT2D eigenvalue weighted by molar-refractivity contribution is 6.32. The number of carbonyl (C=O) groups excluding carboxylic acids is 2. The zero-order valence-electron chi connectivity index (χ0n) is 18.6. The molecule has 1 aromatic carbocycles. The van der Waals surface area contributed by atoms with Crippen molar-refractivity contribution in [3.63, 3.8) is 0 Å². The summed E-state index contributed by atoms with van der Waals surface area (Å²) in [5.74, 6) is -0.707. The van der Waals surface area contributed by atoms with Crippen molar-refractivity contribution in [1.82, 2.24) is 20.2 Å². The Morgan fingerprint density at radius 2 is 1.91 bits per heavy atom. The van der Waals surface area contributed by atoms with Crippen LogP contribution in [0.2, 0.25) is 5.15 Å². The van der Waals surface area contributed by atoms with Crippen LogP contribution in [0.1, 0.15) is 32.0 Å². The van der Waals surface area contributed by atoms with E-state index < -0.39 is 0 Å². The highest BCUT2D eigenvalue weighted by atomic mass is 35.5. The van der Waals surface area contributed by atoms with Gasteiger partial charge in [0.1, 0.15) is 11.5 Å². The van der Waals surface area contributed by atoms with Crippen molar-refractivity contribution >= 4 is 29.0 Å². The summed E-state index contributed by atoms with van der Waals surface area (Å²) in [6.45, 7) is 3.28. The summed E-state index contributed by atoms with van der Waals surface area (Å²) in [5, 5.41) is 2.82. The second-order valence-corrected chi connectivity index (χ2v) is 8.77. The molecule has 3 aromatic rings. The number of benzene rings is 1. The van der Waals surface area contributed by atoms with E-state index in [1.54, 1.807) is 37.5 Å². The molecule has 9 heteroatoms. The van der Waals surface area contributed by atoms with Gasteiger partial charge in [-0.25, -0.2) is 9.37 Å². The standard InChI is InChI=1S/C25H23ClFN5O2/c1-28-25(34)19-6-7-20(24(26)30-19)32-11-9-31(10-12-32)14-15-4-5-16-18(22(15)27)13-21(33)17-3-2-8-29-23(16)17/h2-8H,9-14H2,1H3,(H,28,34). The van der Waals surface area contributed by atoms with E-state index in [2.05, 4.69) is 25.1 Å². The zero-order valence-corrected chi connectivity index (χ0v) is 19.4. The molecule has 1 aliphatic heterocycles. The van der Waals surface area contributed by atoms with Gasteiger partial charge in [0.05, 0.1) is 11.4 Å². The number of hydrogen-bond donors (Lipinski definition) is 1. The minimum absolute atomic E-state index is 0.0546. The average Bonchev–Trinajstić information content (AvgIpc) is 2.86. The second kappa shape index (κ2) is 9.12. The van der Waals surface area contributed by atoms with E-state index >= 15 is 4.39 Å². The molecule has 0 unspecified atom stereocenters. The van der Waals surface area contributed by atoms with Crippen LogP contribution in [0.4, 0.5) is 10.1 Å². The molecule has 0 radical (unpaired) electrons. The van der Waals surface area contributed by atoms with E-state index in [9.17, 15) is 9.59 Å². The molecule has 0 bridgehead atoms. The molecule has 1 fully saturated rings. The van der Waals surface area contributed by atoms with E-state index in [4.69, 9.17) is 11.6 Å². The van der Waals surface area contributed by atoms with Crippen LogP contribution >= 0.6 is 11.6 Å². The van der Waals surface area contributed by atoms with Gasteiger partial charge in [-0.15, -0.1) is 0 Å². The largest absolute Gasteiger partial charge is 0.366 e. The number of Topliss-reactive ketones (excluding diaryl/α,β-unsaturated/α-hetero) is 1. The van der Waals surface area contributed by atoms with Gasteiger partial charge < -0.3 is 10.2 Å². The van der Waals surface area contributed by atoms with Crippen LogP contribution < -0.4 is 10.2 Å². The number of amides is 1. The van der Waals surface area contributed by atoms with E-state index in [-0.39, 0.29) is 34.8 Å². The molecule has 0 atom stereocenters. The highest BCUT2D eigenvalue weighted by Crippen LogP contribution is 2.35. The molecule has 1 amide bonds. The van der Waals surface area contributed by atoms with Crippen LogP contribution in [-0.2, 0) is 13.0 Å². The predicted octanol–water partition coefficient (Wildman–Crippen LogP) is 3.36. The minimum Gasteiger partial charge on any atom is -0.366 e. The van der Waals surface area contributed by atoms with E-state index in [0.717, 1.165) is 5.69 Å². The number of nitrogens with zero attached hydrogens (tertiary/aromatic N) is 4. The number of aromatic nitrogens is 2. The molecule has 174 valence electrons. The Morgan fingerprint density at radius 1 is 1.12 bits per heavy atom. The lowest BCUT2D eigenvalue weighted by molar-refractivity contribution is 0.0956. The first-order valence-electron chi connectivity index (χ1n) is 11.1. The number of nitrogens with one attached hydrogen (secondary N) is 1. The first-order chi connectivity index (χ1) is 16.5. The smallest absolute Gasteiger partial charge is 0.269 e. The first-order valence-corrected chi connectivity index (χ1v) is 11.5. The summed E-state index contributed by atoms with van der Waals surface area (Å²) in [7, 11) is 1.55. The van der Waals surface area contributed by atoms with Crippen LogP contribution in [0.5, 0.6) is 0 Å². The summed E-state index contributed by atoms with van der Waals surface area (Å²) < 4.78 is 15.4. The van der Waals surface area contributed by atoms with Gasteiger partial charge in [-0.05, 0) is 24.3 Å². The lowest BCUT2D eigenvalue weighted by atomic mass is 9.86. The number of ketones is 1. The summed E-state index contributed by atoms with van der Waals surface area (Å²) in [5.41, 5.74) is 3.86. The molecule has 2 aliphatic rings. The lowest BCUT2D eigenvalue weighted by Crippen LogP contribution is -2.46. The fraction of sp³-hybridized carbons (Fsp3) is 0.280. The van der Waals surface area contributed by atoms with Crippen molar-refractivity contribution in [3.05, 3.63) is 75.9 Å². The third kappa shape index (κ3) is 4.03. The van der Waals surface area contributed by atoms with Crippen molar-refractivity contribution in [1.29, 1.82) is 0 Å². The maximum Gasteiger partial charge on any atom is 0.269 e. The summed E-state index contributed by atoms with van der Waals surface area (Å²) >= 11 is 6.34. The molecular formula is C25H23ClFN5O2. The van der Waals surface area contributed by atoms with E-state index in [1.807, 2.05) is 12.1 Å². The van der Waals surface area contributed by atoms with Crippen molar-refractivity contribution in [2.45, 2.75) is 13.0 Å².